The summed E-state index contributed by atoms with van der Waals surface area (Å²) >= 11 is 6.02. The van der Waals surface area contributed by atoms with Crippen LogP contribution in [0.4, 0.5) is 0 Å². The van der Waals surface area contributed by atoms with Gasteiger partial charge in [-0.15, -0.1) is 0 Å². The van der Waals surface area contributed by atoms with Crippen LogP contribution in [0.5, 0.6) is 0 Å². The number of benzene rings is 2. The van der Waals surface area contributed by atoms with E-state index in [-0.39, 0.29) is 6.04 Å². The van der Waals surface area contributed by atoms with E-state index in [1.807, 2.05) is 73.7 Å². The lowest BCUT2D eigenvalue weighted by Gasteiger charge is -2.20. The molecule has 3 nitrogen and oxygen atoms in total. The fourth-order valence-corrected chi connectivity index (χ4v) is 2.77. The van der Waals surface area contributed by atoms with E-state index in [1.165, 1.54) is 0 Å². The largest absolute Gasteiger partial charge is 0.460 e. The summed E-state index contributed by atoms with van der Waals surface area (Å²) in [5.41, 5.74) is 1.85. The third-order valence-corrected chi connectivity index (χ3v) is 4.22. The second-order valence-corrected chi connectivity index (χ2v) is 6.24. The molecule has 0 aliphatic heterocycles. The molecule has 0 spiro atoms. The molecule has 0 radical (unpaired) electrons. The summed E-state index contributed by atoms with van der Waals surface area (Å²) in [6.45, 7) is 2.50. The van der Waals surface area contributed by atoms with Crippen LogP contribution in [0, 0.1) is 0 Å². The standard InChI is InChI=1S/C20H20ClNO2/c1-14(20(23)15-6-3-2-4-7-15)22-13-18-10-11-19(24-18)16-8-5-9-17(21)12-16/h2-12,14,20,22-23H,13H2,1H3/t14-,20-/m1/s1. The SMILES string of the molecule is C[C@@H](NCc1ccc(-c2cccc(Cl)c2)o1)[C@@H](O)c1ccccc1. The van der Waals surface area contributed by atoms with E-state index in [0.717, 1.165) is 22.6 Å². The predicted octanol–water partition coefficient (Wildman–Crippen LogP) is 4.81. The zero-order valence-electron chi connectivity index (χ0n) is 13.4. The first kappa shape index (κ1) is 16.8. The summed E-state index contributed by atoms with van der Waals surface area (Å²) in [6, 6.07) is 21.0. The first-order chi connectivity index (χ1) is 11.6. The van der Waals surface area contributed by atoms with Gasteiger partial charge in [-0.25, -0.2) is 0 Å². The highest BCUT2D eigenvalue weighted by Gasteiger charge is 2.16. The number of hydrogen-bond acceptors (Lipinski definition) is 3. The maximum Gasteiger partial charge on any atom is 0.134 e. The molecule has 0 saturated heterocycles. The molecule has 0 fully saturated rings. The van der Waals surface area contributed by atoms with E-state index in [0.29, 0.717) is 11.6 Å². The van der Waals surface area contributed by atoms with Crippen molar-refractivity contribution in [2.45, 2.75) is 25.6 Å². The van der Waals surface area contributed by atoms with Crippen LogP contribution in [0.2, 0.25) is 5.02 Å². The number of aliphatic hydroxyl groups is 1. The molecule has 124 valence electrons. The van der Waals surface area contributed by atoms with Gasteiger partial charge in [-0.2, -0.15) is 0 Å². The first-order valence-corrected chi connectivity index (χ1v) is 8.32. The van der Waals surface area contributed by atoms with Gasteiger partial charge in [0.2, 0.25) is 0 Å². The topological polar surface area (TPSA) is 45.4 Å². The number of nitrogens with one attached hydrogen (secondary N) is 1. The van der Waals surface area contributed by atoms with Crippen molar-refractivity contribution in [3.8, 4) is 11.3 Å². The fraction of sp³-hybridized carbons (Fsp3) is 0.200. The molecule has 4 heteroatoms. The molecule has 24 heavy (non-hydrogen) atoms. The van der Waals surface area contributed by atoms with Crippen molar-refractivity contribution in [2.24, 2.45) is 0 Å². The molecule has 0 aliphatic rings. The van der Waals surface area contributed by atoms with Crippen molar-refractivity contribution >= 4 is 11.6 Å². The second-order valence-electron chi connectivity index (χ2n) is 5.80. The molecule has 0 amide bonds. The summed E-state index contributed by atoms with van der Waals surface area (Å²) in [7, 11) is 0. The summed E-state index contributed by atoms with van der Waals surface area (Å²) in [6.07, 6.45) is -0.562. The highest BCUT2D eigenvalue weighted by molar-refractivity contribution is 6.30. The molecule has 0 aliphatic carbocycles. The molecule has 1 aromatic heterocycles. The second kappa shape index (κ2) is 7.67. The minimum Gasteiger partial charge on any atom is -0.460 e. The quantitative estimate of drug-likeness (QED) is 0.676. The summed E-state index contributed by atoms with van der Waals surface area (Å²) in [5, 5.41) is 14.4. The molecular weight excluding hydrogens is 322 g/mol. The molecule has 0 bridgehead atoms. The number of rotatable bonds is 6. The van der Waals surface area contributed by atoms with Gasteiger partial charge in [-0.05, 0) is 36.8 Å². The zero-order chi connectivity index (χ0) is 16.9. The minimum absolute atomic E-state index is 0.0906. The van der Waals surface area contributed by atoms with Crippen LogP contribution in [-0.4, -0.2) is 11.1 Å². The van der Waals surface area contributed by atoms with Gasteiger partial charge in [0.05, 0.1) is 12.6 Å². The first-order valence-electron chi connectivity index (χ1n) is 7.94. The minimum atomic E-state index is -0.562. The smallest absolute Gasteiger partial charge is 0.134 e. The normalized spacial score (nSPS) is 13.6. The predicted molar refractivity (Wildman–Crippen MR) is 96.9 cm³/mol. The van der Waals surface area contributed by atoms with Crippen LogP contribution in [0.25, 0.3) is 11.3 Å². The lowest BCUT2D eigenvalue weighted by Crippen LogP contribution is -2.31. The number of halogens is 1. The fourth-order valence-electron chi connectivity index (χ4n) is 2.58. The van der Waals surface area contributed by atoms with Crippen molar-refractivity contribution in [2.75, 3.05) is 0 Å². The van der Waals surface area contributed by atoms with Gasteiger partial charge in [0.1, 0.15) is 11.5 Å². The number of hydrogen-bond donors (Lipinski definition) is 2. The van der Waals surface area contributed by atoms with Crippen LogP contribution in [0.15, 0.2) is 71.1 Å². The van der Waals surface area contributed by atoms with Crippen LogP contribution in [-0.2, 0) is 6.54 Å². The van der Waals surface area contributed by atoms with Crippen molar-refractivity contribution in [3.05, 3.63) is 83.1 Å². The molecule has 3 aromatic rings. The Bertz CT molecular complexity index is 785. The van der Waals surface area contributed by atoms with Crippen molar-refractivity contribution in [3.63, 3.8) is 0 Å². The maximum absolute atomic E-state index is 10.4. The van der Waals surface area contributed by atoms with E-state index in [2.05, 4.69) is 5.32 Å². The Balaban J connectivity index is 1.61. The van der Waals surface area contributed by atoms with Crippen molar-refractivity contribution in [1.29, 1.82) is 0 Å². The Morgan fingerprint density at radius 1 is 1.04 bits per heavy atom. The van der Waals surface area contributed by atoms with Gasteiger partial charge in [-0.3, -0.25) is 0 Å². The summed E-state index contributed by atoms with van der Waals surface area (Å²) < 4.78 is 5.86. The highest BCUT2D eigenvalue weighted by atomic mass is 35.5. The molecular formula is C20H20ClNO2. The van der Waals surface area contributed by atoms with E-state index >= 15 is 0 Å². The average molecular weight is 342 g/mol. The van der Waals surface area contributed by atoms with Gasteiger partial charge in [0, 0.05) is 16.6 Å². The highest BCUT2D eigenvalue weighted by Crippen LogP contribution is 2.25. The maximum atomic E-state index is 10.4. The zero-order valence-corrected chi connectivity index (χ0v) is 14.2. The molecule has 3 rings (SSSR count). The van der Waals surface area contributed by atoms with Gasteiger partial charge in [0.15, 0.2) is 0 Å². The van der Waals surface area contributed by atoms with Gasteiger partial charge in [0.25, 0.3) is 0 Å². The van der Waals surface area contributed by atoms with Crippen LogP contribution in [0.3, 0.4) is 0 Å². The Morgan fingerprint density at radius 3 is 2.58 bits per heavy atom. The van der Waals surface area contributed by atoms with Gasteiger partial charge >= 0.3 is 0 Å². The number of furan rings is 1. The van der Waals surface area contributed by atoms with Crippen molar-refractivity contribution < 1.29 is 9.52 Å². The lowest BCUT2D eigenvalue weighted by atomic mass is 10.0. The molecule has 0 unspecified atom stereocenters. The Morgan fingerprint density at radius 2 is 1.83 bits per heavy atom. The van der Waals surface area contributed by atoms with Gasteiger partial charge < -0.3 is 14.8 Å². The molecule has 0 saturated carbocycles. The summed E-state index contributed by atoms with van der Waals surface area (Å²) in [5.74, 6) is 1.60. The van der Waals surface area contributed by atoms with Crippen LogP contribution < -0.4 is 5.32 Å². The summed E-state index contributed by atoms with van der Waals surface area (Å²) in [4.78, 5) is 0. The molecule has 1 heterocycles. The third-order valence-electron chi connectivity index (χ3n) is 3.98. The molecule has 2 aromatic carbocycles. The average Bonchev–Trinajstić information content (AvgIpc) is 3.09. The molecule has 2 atom stereocenters. The van der Waals surface area contributed by atoms with Gasteiger partial charge in [-0.1, -0.05) is 54.1 Å². The monoisotopic (exact) mass is 341 g/mol. The Kier molecular flexibility index (Phi) is 5.36. The van der Waals surface area contributed by atoms with E-state index in [4.69, 9.17) is 16.0 Å². The molecule has 2 N–H and O–H groups in total. The Labute approximate surface area is 146 Å². The van der Waals surface area contributed by atoms with E-state index in [9.17, 15) is 5.11 Å². The van der Waals surface area contributed by atoms with Crippen LogP contribution in [0.1, 0.15) is 24.4 Å². The van der Waals surface area contributed by atoms with Crippen LogP contribution >= 0.6 is 11.6 Å². The van der Waals surface area contributed by atoms with E-state index < -0.39 is 6.10 Å². The number of aliphatic hydroxyl groups excluding tert-OH is 1. The Hall–Kier alpha value is -2.07. The third kappa shape index (κ3) is 4.06. The lowest BCUT2D eigenvalue weighted by molar-refractivity contribution is 0.134. The van der Waals surface area contributed by atoms with Crippen molar-refractivity contribution in [1.82, 2.24) is 5.32 Å². The van der Waals surface area contributed by atoms with E-state index in [1.54, 1.807) is 0 Å².